The van der Waals surface area contributed by atoms with Gasteiger partial charge in [-0.25, -0.2) is 4.98 Å². The van der Waals surface area contributed by atoms with E-state index in [4.69, 9.17) is 23.9 Å². The molecule has 2 aromatic heterocycles. The Balaban J connectivity index is 0.000000127. The molecule has 11 nitrogen and oxygen atoms in total. The molecular formula is C62H53BN4O7S6. The number of aromatic amines is 1. The molecule has 402 valence electrons. The fourth-order valence-electron chi connectivity index (χ4n) is 9.55. The smallest absolute Gasteiger partial charge is 0.489 e. The normalized spacial score (nSPS) is 14.7. The molecule has 0 saturated carbocycles. The zero-order chi connectivity index (χ0) is 54.4. The third kappa shape index (κ3) is 12.5. The first kappa shape index (κ1) is 54.4. The monoisotopic (exact) mass is 1170 g/mol. The third-order valence-corrected chi connectivity index (χ3v) is 21.4. The fourth-order valence-corrected chi connectivity index (χ4v) is 16.7. The van der Waals surface area contributed by atoms with Gasteiger partial charge in [0.1, 0.15) is 12.4 Å². The van der Waals surface area contributed by atoms with Gasteiger partial charge in [0.25, 0.3) is 0 Å². The molecule has 18 heteroatoms. The van der Waals surface area contributed by atoms with E-state index in [1.165, 1.54) is 44.1 Å². The van der Waals surface area contributed by atoms with E-state index in [0.717, 1.165) is 99.3 Å². The van der Waals surface area contributed by atoms with E-state index in [9.17, 15) is 14.8 Å². The van der Waals surface area contributed by atoms with E-state index in [1.54, 1.807) is 66.3 Å². The Morgan fingerprint density at radius 1 is 0.525 bits per heavy atom. The van der Waals surface area contributed by atoms with E-state index >= 15 is 0 Å². The molecule has 7 aromatic carbocycles. The molecule has 0 atom stereocenters. The number of ether oxygens (including phenoxy) is 4. The van der Waals surface area contributed by atoms with E-state index < -0.39 is 7.12 Å². The minimum atomic E-state index is -1.41. The van der Waals surface area contributed by atoms with Gasteiger partial charge in [-0.05, 0) is 89.9 Å². The summed E-state index contributed by atoms with van der Waals surface area (Å²) in [6.07, 6.45) is 0. The van der Waals surface area contributed by atoms with Gasteiger partial charge in [-0.2, -0.15) is 0 Å². The van der Waals surface area contributed by atoms with E-state index in [-0.39, 0.29) is 5.56 Å². The minimum Gasteiger partial charge on any atom is -0.497 e. The van der Waals surface area contributed by atoms with Crippen LogP contribution in [0.2, 0.25) is 0 Å². The SMILES string of the molecule is COc1ccc(COc2cc(N3CCOCC3)cc(-c3cccc4c3Sc3ccccc3S4)n2)cc1.O=c1cc(N2CCOCC2)cc(-c2cccc3c2Sc2ccccc2S3)[nH]1.OB(O)c1cccc2c1Sc1ccccc1S2. The van der Waals surface area contributed by atoms with Gasteiger partial charge in [-0.15, -0.1) is 0 Å². The van der Waals surface area contributed by atoms with Gasteiger partial charge in [0.05, 0.1) is 44.9 Å². The van der Waals surface area contributed by atoms with Crippen molar-refractivity contribution in [2.75, 3.05) is 69.5 Å². The molecule has 9 aromatic rings. The van der Waals surface area contributed by atoms with Crippen LogP contribution in [-0.4, -0.2) is 86.9 Å². The summed E-state index contributed by atoms with van der Waals surface area (Å²) in [5.41, 5.74) is 7.64. The predicted octanol–water partition coefficient (Wildman–Crippen LogP) is 13.3. The zero-order valence-corrected chi connectivity index (χ0v) is 48.3. The van der Waals surface area contributed by atoms with Gasteiger partial charge < -0.3 is 43.8 Å². The molecule has 3 N–H and O–H groups in total. The Hall–Kier alpha value is -6.16. The van der Waals surface area contributed by atoms with Crippen molar-refractivity contribution in [1.29, 1.82) is 0 Å². The lowest BCUT2D eigenvalue weighted by molar-refractivity contribution is 0.122. The van der Waals surface area contributed by atoms with Crippen LogP contribution in [0.4, 0.5) is 11.4 Å². The van der Waals surface area contributed by atoms with Crippen LogP contribution in [0.25, 0.3) is 22.5 Å². The summed E-state index contributed by atoms with van der Waals surface area (Å²) in [4.78, 5) is 39.4. The highest BCUT2D eigenvalue weighted by Crippen LogP contribution is 2.53. The number of nitrogens with one attached hydrogen (secondary N) is 1. The molecule has 14 rings (SSSR count). The molecule has 0 unspecified atom stereocenters. The predicted molar refractivity (Wildman–Crippen MR) is 326 cm³/mol. The lowest BCUT2D eigenvalue weighted by Crippen LogP contribution is -2.36. The average molecular weight is 1170 g/mol. The number of methoxy groups -OCH3 is 1. The van der Waals surface area contributed by atoms with E-state index in [2.05, 4.69) is 124 Å². The van der Waals surface area contributed by atoms with Crippen molar-refractivity contribution in [3.63, 3.8) is 0 Å². The maximum Gasteiger partial charge on any atom is 0.489 e. The van der Waals surface area contributed by atoms with Crippen molar-refractivity contribution in [3.05, 3.63) is 192 Å². The third-order valence-electron chi connectivity index (χ3n) is 13.6. The van der Waals surface area contributed by atoms with Gasteiger partial charge in [0.15, 0.2) is 0 Å². The van der Waals surface area contributed by atoms with Gasteiger partial charge >= 0.3 is 7.12 Å². The summed E-state index contributed by atoms with van der Waals surface area (Å²) in [6.45, 7) is 6.62. The van der Waals surface area contributed by atoms with Crippen molar-refractivity contribution in [2.24, 2.45) is 0 Å². The molecule has 0 radical (unpaired) electrons. The number of hydrogen-bond acceptors (Lipinski definition) is 16. The second-order valence-electron chi connectivity index (χ2n) is 18.8. The number of aromatic nitrogens is 2. The molecule has 5 aliphatic rings. The van der Waals surface area contributed by atoms with Crippen LogP contribution in [0.3, 0.4) is 0 Å². The molecule has 0 amide bonds. The number of H-pyrrole nitrogens is 1. The van der Waals surface area contributed by atoms with Crippen LogP contribution in [0.5, 0.6) is 11.6 Å². The lowest BCUT2D eigenvalue weighted by Gasteiger charge is -2.29. The molecule has 5 aliphatic heterocycles. The Morgan fingerprint density at radius 3 is 1.52 bits per heavy atom. The molecule has 80 heavy (non-hydrogen) atoms. The second kappa shape index (κ2) is 25.3. The van der Waals surface area contributed by atoms with Crippen LogP contribution >= 0.6 is 70.6 Å². The van der Waals surface area contributed by atoms with Gasteiger partial charge in [0, 0.05) is 120 Å². The van der Waals surface area contributed by atoms with Crippen LogP contribution in [0.1, 0.15) is 5.56 Å². The van der Waals surface area contributed by atoms with Gasteiger partial charge in [-0.3, -0.25) is 4.79 Å². The summed E-state index contributed by atoms with van der Waals surface area (Å²) < 4.78 is 22.5. The Bertz CT molecular complexity index is 3750. The molecule has 7 heterocycles. The van der Waals surface area contributed by atoms with E-state index in [0.29, 0.717) is 31.2 Å². The quantitative estimate of drug-likeness (QED) is 0.118. The highest BCUT2D eigenvalue weighted by molar-refractivity contribution is 8.06. The number of morpholine rings is 2. The minimum absolute atomic E-state index is 0.0690. The first-order valence-electron chi connectivity index (χ1n) is 26.1. The van der Waals surface area contributed by atoms with Crippen LogP contribution in [0, 0.1) is 0 Å². The second-order valence-corrected chi connectivity index (χ2v) is 25.2. The number of pyridine rings is 2. The van der Waals surface area contributed by atoms with E-state index in [1.807, 2.05) is 78.1 Å². The Labute approximate surface area is 490 Å². The lowest BCUT2D eigenvalue weighted by atomic mass is 9.80. The zero-order valence-electron chi connectivity index (χ0n) is 43.4. The molecular weight excluding hydrogens is 1120 g/mol. The van der Waals surface area contributed by atoms with Gasteiger partial charge in [0.2, 0.25) is 11.4 Å². The van der Waals surface area contributed by atoms with Crippen molar-refractivity contribution in [3.8, 4) is 34.1 Å². The fraction of sp³-hybridized carbons (Fsp3) is 0.161. The number of nitrogens with zero attached hydrogens (tertiary/aromatic N) is 3. The highest BCUT2D eigenvalue weighted by Gasteiger charge is 2.26. The number of rotatable bonds is 9. The number of anilines is 2. The largest absolute Gasteiger partial charge is 0.497 e. The Kier molecular flexibility index (Phi) is 17.2. The maximum absolute atomic E-state index is 12.4. The van der Waals surface area contributed by atoms with Crippen LogP contribution in [-0.2, 0) is 16.1 Å². The first-order chi connectivity index (χ1) is 39.3. The average Bonchev–Trinajstić information content (AvgIpc) is 3.52. The van der Waals surface area contributed by atoms with Crippen molar-refractivity contribution < 1.29 is 29.0 Å². The standard InChI is InChI=1S/C29H26N2O3S2.C21H18N2O2S2.C12H9BO2S2/c1-32-22-11-9-20(10-12-22)19-34-28-18-21(31-13-15-33-16-14-31)17-24(30-28)23-5-4-8-27-29(23)36-26-7-3-2-6-25(26)35-27;24-20-13-14(23-8-10-25-11-9-23)12-16(22-20)15-4-3-7-19-21(15)27-18-6-2-1-5-17(18)26-19;14-13(15)8-4-3-7-11-12(8)17-10-6-2-1-5-9(10)16-11/h2-12,17-18H,13-16,19H2,1H3;1-7,12-13H,8-11H2,(H,22,24);1-7,14-15H. The van der Waals surface area contributed by atoms with Gasteiger partial charge in [-0.1, -0.05) is 156 Å². The topological polar surface area (TPSA) is 130 Å². The molecule has 2 saturated heterocycles. The maximum atomic E-state index is 12.4. The first-order valence-corrected chi connectivity index (χ1v) is 31.0. The summed E-state index contributed by atoms with van der Waals surface area (Å²) in [5, 5.41) is 18.7. The number of hydrogen-bond donors (Lipinski definition) is 3. The molecule has 0 aliphatic carbocycles. The molecule has 0 bridgehead atoms. The van der Waals surface area contributed by atoms with Crippen molar-refractivity contribution in [1.82, 2.24) is 9.97 Å². The van der Waals surface area contributed by atoms with Crippen LogP contribution in [0.15, 0.2) is 239 Å². The summed E-state index contributed by atoms with van der Waals surface area (Å²) in [5.74, 6) is 1.45. The molecule has 2 fully saturated rings. The molecule has 0 spiro atoms. The number of benzene rings is 7. The highest BCUT2D eigenvalue weighted by atomic mass is 32.2. The Morgan fingerprint density at radius 2 is 0.988 bits per heavy atom. The summed E-state index contributed by atoms with van der Waals surface area (Å²) in [6, 6.07) is 59.5. The summed E-state index contributed by atoms with van der Waals surface area (Å²) >= 11 is 10.5. The van der Waals surface area contributed by atoms with Crippen LogP contribution < -0.4 is 30.3 Å². The summed E-state index contributed by atoms with van der Waals surface area (Å²) in [7, 11) is 0.259. The van der Waals surface area contributed by atoms with Crippen molar-refractivity contribution >= 4 is 94.5 Å². The van der Waals surface area contributed by atoms with Crippen molar-refractivity contribution in [2.45, 2.75) is 65.4 Å². The number of fused-ring (bicyclic) bond motifs is 6.